The molecule has 3 rings (SSSR count). The van der Waals surface area contributed by atoms with E-state index in [1.807, 2.05) is 70.3 Å². The molecule has 40 heavy (non-hydrogen) atoms. The van der Waals surface area contributed by atoms with Crippen LogP contribution >= 0.6 is 11.8 Å². The van der Waals surface area contributed by atoms with Gasteiger partial charge in [0.05, 0.1) is 12.7 Å². The zero-order valence-electron chi connectivity index (χ0n) is 25.5. The predicted octanol–water partition coefficient (Wildman–Crippen LogP) is 2.63. The molecule has 1 saturated heterocycles. The molecule has 1 fully saturated rings. The van der Waals surface area contributed by atoms with Gasteiger partial charge in [-0.05, 0) is 93.4 Å². The molecule has 0 spiro atoms. The van der Waals surface area contributed by atoms with Crippen molar-refractivity contribution in [1.82, 2.24) is 10.2 Å². The van der Waals surface area contributed by atoms with E-state index in [0.29, 0.717) is 37.4 Å². The largest absolute Gasteiger partial charge is 1.00 e. The van der Waals surface area contributed by atoms with Crippen LogP contribution in [0.5, 0.6) is 0 Å². The predicted molar refractivity (Wildman–Crippen MR) is 155 cm³/mol. The zero-order valence-corrected chi connectivity index (χ0v) is 25.3. The van der Waals surface area contributed by atoms with Crippen LogP contribution in [-0.2, 0) is 20.9 Å². The van der Waals surface area contributed by atoms with Crippen molar-refractivity contribution in [1.29, 1.82) is 0 Å². The van der Waals surface area contributed by atoms with E-state index in [0.717, 1.165) is 35.1 Å². The number of carbonyl (C=O) groups excluding carboxylic acids is 2. The number of aryl methyl sites for hydroxylation is 1. The average molecular weight is 565 g/mol. The van der Waals surface area contributed by atoms with Crippen LogP contribution in [-0.4, -0.2) is 70.8 Å². The summed E-state index contributed by atoms with van der Waals surface area (Å²) in [5.74, 6) is -0.823. The number of nitrogens with zero attached hydrogens (tertiary/aromatic N) is 1. The molecule has 2 aromatic carbocycles. The Morgan fingerprint density at radius 2 is 1.80 bits per heavy atom. The van der Waals surface area contributed by atoms with Crippen molar-refractivity contribution in [2.45, 2.75) is 71.3 Å². The molecule has 1 aliphatic rings. The molecule has 1 heterocycles. The molecule has 0 saturated carbocycles. The summed E-state index contributed by atoms with van der Waals surface area (Å²) < 4.78 is 11.7. The van der Waals surface area contributed by atoms with Crippen molar-refractivity contribution < 1.29 is 49.3 Å². The van der Waals surface area contributed by atoms with Crippen LogP contribution in [0.1, 0.15) is 62.9 Å². The number of carboxylic acid groups (broad SMARTS) is 1. The fraction of sp³-hybridized carbons (Fsp3) is 0.500. The SMILES string of the molecule is CSCC[C@H](NC(=O)c1ccc(COC2CCN(C(=O)OC(C)(C)C)CC2)cc1-c1ccccc1C)C(=O)O.[H-].[Li+]. The molecule has 10 heteroatoms. The molecule has 0 aromatic heterocycles. The summed E-state index contributed by atoms with van der Waals surface area (Å²) in [5.41, 5.74) is 3.47. The van der Waals surface area contributed by atoms with Gasteiger partial charge < -0.3 is 26.2 Å². The molecular weight excluding hydrogens is 523 g/mol. The topological polar surface area (TPSA) is 105 Å². The van der Waals surface area contributed by atoms with Gasteiger partial charge in [0.25, 0.3) is 5.91 Å². The summed E-state index contributed by atoms with van der Waals surface area (Å²) in [5, 5.41) is 12.3. The van der Waals surface area contributed by atoms with Gasteiger partial charge in [-0.2, -0.15) is 11.8 Å². The Morgan fingerprint density at radius 1 is 1.12 bits per heavy atom. The van der Waals surface area contributed by atoms with E-state index in [-0.39, 0.29) is 32.5 Å². The smallest absolute Gasteiger partial charge is 1.00 e. The number of carbonyl (C=O) groups is 3. The van der Waals surface area contributed by atoms with Crippen LogP contribution in [0.2, 0.25) is 0 Å². The number of nitrogens with one attached hydrogen (secondary N) is 1. The van der Waals surface area contributed by atoms with Crippen LogP contribution in [0.4, 0.5) is 4.79 Å². The summed E-state index contributed by atoms with van der Waals surface area (Å²) in [4.78, 5) is 39.0. The van der Waals surface area contributed by atoms with Crippen molar-refractivity contribution >= 4 is 29.7 Å². The minimum Gasteiger partial charge on any atom is -1.00 e. The maximum Gasteiger partial charge on any atom is 1.00 e. The quantitative estimate of drug-likeness (QED) is 0.428. The van der Waals surface area contributed by atoms with Crippen molar-refractivity contribution in [3.63, 3.8) is 0 Å². The number of thioether (sulfide) groups is 1. The first-order chi connectivity index (χ1) is 18.5. The molecule has 214 valence electrons. The molecule has 2 aromatic rings. The fourth-order valence-corrected chi connectivity index (χ4v) is 4.92. The molecule has 2 N–H and O–H groups in total. The molecule has 0 aliphatic carbocycles. The Kier molecular flexibility index (Phi) is 13.1. The van der Waals surface area contributed by atoms with Crippen LogP contribution < -0.4 is 24.2 Å². The molecule has 8 nitrogen and oxygen atoms in total. The van der Waals surface area contributed by atoms with Crippen molar-refractivity contribution in [3.05, 3.63) is 59.2 Å². The van der Waals surface area contributed by atoms with Crippen LogP contribution in [0.15, 0.2) is 42.5 Å². The zero-order chi connectivity index (χ0) is 28.6. The van der Waals surface area contributed by atoms with E-state index in [1.54, 1.807) is 22.7 Å². The van der Waals surface area contributed by atoms with E-state index in [1.165, 1.54) is 0 Å². The second kappa shape index (κ2) is 15.5. The second-order valence-electron chi connectivity index (χ2n) is 10.8. The first-order valence-electron chi connectivity index (χ1n) is 13.3. The van der Waals surface area contributed by atoms with E-state index in [2.05, 4.69) is 5.32 Å². The number of carboxylic acids is 1. The van der Waals surface area contributed by atoms with Gasteiger partial charge in [0.1, 0.15) is 11.6 Å². The van der Waals surface area contributed by atoms with Gasteiger partial charge in [-0.15, -0.1) is 0 Å². The third-order valence-electron chi connectivity index (χ3n) is 6.56. The summed E-state index contributed by atoms with van der Waals surface area (Å²) >= 11 is 1.54. The van der Waals surface area contributed by atoms with E-state index in [4.69, 9.17) is 9.47 Å². The molecule has 1 atom stereocenters. The molecule has 0 unspecified atom stereocenters. The van der Waals surface area contributed by atoms with Gasteiger partial charge in [-0.3, -0.25) is 4.79 Å². The monoisotopic (exact) mass is 564 g/mol. The van der Waals surface area contributed by atoms with Gasteiger partial charge in [0, 0.05) is 18.7 Å². The fourth-order valence-electron chi connectivity index (χ4n) is 4.45. The Morgan fingerprint density at radius 3 is 2.40 bits per heavy atom. The summed E-state index contributed by atoms with van der Waals surface area (Å²) in [6.07, 6.45) is 3.41. The molecule has 0 bridgehead atoms. The van der Waals surface area contributed by atoms with Crippen molar-refractivity contribution in [2.24, 2.45) is 0 Å². The van der Waals surface area contributed by atoms with Crippen molar-refractivity contribution in [3.8, 4) is 11.1 Å². The second-order valence-corrected chi connectivity index (χ2v) is 11.8. The minimum atomic E-state index is -1.04. The average Bonchev–Trinajstić information content (AvgIpc) is 2.89. The van der Waals surface area contributed by atoms with Crippen molar-refractivity contribution in [2.75, 3.05) is 25.1 Å². The number of hydrogen-bond acceptors (Lipinski definition) is 6. The Balaban J connectivity index is 0.00000420. The molecule has 0 radical (unpaired) electrons. The van der Waals surface area contributed by atoms with Gasteiger partial charge in [-0.25, -0.2) is 9.59 Å². The normalized spacial score (nSPS) is 14.7. The van der Waals surface area contributed by atoms with Gasteiger partial charge in [0.2, 0.25) is 0 Å². The van der Waals surface area contributed by atoms with Gasteiger partial charge in [0.15, 0.2) is 0 Å². The number of aliphatic carboxylic acids is 1. The summed E-state index contributed by atoms with van der Waals surface area (Å²) in [6, 6.07) is 12.4. The summed E-state index contributed by atoms with van der Waals surface area (Å²) in [6.45, 7) is 9.08. The van der Waals surface area contributed by atoms with Gasteiger partial charge >= 0.3 is 30.9 Å². The van der Waals surface area contributed by atoms with Crippen LogP contribution in [0, 0.1) is 6.92 Å². The summed E-state index contributed by atoms with van der Waals surface area (Å²) in [7, 11) is 0. The van der Waals surface area contributed by atoms with E-state index in [9.17, 15) is 19.5 Å². The number of ether oxygens (including phenoxy) is 2. The van der Waals surface area contributed by atoms with Gasteiger partial charge in [-0.1, -0.05) is 30.3 Å². The third kappa shape index (κ3) is 9.88. The van der Waals surface area contributed by atoms with Crippen LogP contribution in [0.25, 0.3) is 11.1 Å². The van der Waals surface area contributed by atoms with E-state index >= 15 is 0 Å². The third-order valence-corrected chi connectivity index (χ3v) is 7.20. The number of likely N-dealkylation sites (tertiary alicyclic amines) is 1. The standard InChI is InChI=1S/C30H40N2O6S.Li.H/c1-20-8-6-7-9-23(20)25-18-21(10-11-24(25)27(33)31-26(28(34)35)14-17-39-5)19-37-22-12-15-32(16-13-22)29(36)38-30(2,3)4;;/h6-11,18,22,26H,12-17,19H2,1-5H3,(H,31,33)(H,34,35);;/q;+1;-1/t26-;;/m0../s1. The maximum absolute atomic E-state index is 13.3. The van der Waals surface area contributed by atoms with Crippen LogP contribution in [0.3, 0.4) is 0 Å². The first kappa shape index (κ1) is 33.8. The Labute approximate surface area is 255 Å². The number of hydrogen-bond donors (Lipinski definition) is 2. The maximum atomic E-state index is 13.3. The molecular formula is C30H41LiN2O6S. The Bertz CT molecular complexity index is 1170. The number of rotatable bonds is 10. The first-order valence-corrected chi connectivity index (χ1v) is 14.7. The molecule has 1 aliphatic heterocycles. The Hall–Kier alpha value is -2.44. The minimum absolute atomic E-state index is 0. The number of amides is 2. The molecule has 2 amide bonds. The number of piperidine rings is 1. The van der Waals surface area contributed by atoms with E-state index < -0.39 is 23.5 Å². The number of benzene rings is 2.